The van der Waals surface area contributed by atoms with Gasteiger partial charge < -0.3 is 9.13 Å². The zero-order valence-corrected chi connectivity index (χ0v) is 24.8. The van der Waals surface area contributed by atoms with Crippen LogP contribution in [0.1, 0.15) is 33.6 Å². The largest absolute Gasteiger partial charge is 0.411 e. The minimum atomic E-state index is -5.75. The van der Waals surface area contributed by atoms with Crippen LogP contribution in [0.4, 0.5) is 26.3 Å². The van der Waals surface area contributed by atoms with Gasteiger partial charge in [0.2, 0.25) is 5.41 Å². The lowest BCUT2D eigenvalue weighted by atomic mass is 9.73. The summed E-state index contributed by atoms with van der Waals surface area (Å²) in [5.41, 5.74) is -1.84. The number of pyridine rings is 2. The van der Waals surface area contributed by atoms with E-state index in [1.807, 2.05) is 0 Å². The van der Waals surface area contributed by atoms with Crippen LogP contribution in [0.25, 0.3) is 57.5 Å². The maximum absolute atomic E-state index is 15.0. The van der Waals surface area contributed by atoms with Crippen molar-refractivity contribution in [1.82, 2.24) is 19.1 Å². The molecule has 4 aromatic heterocycles. The van der Waals surface area contributed by atoms with Gasteiger partial charge in [-0.15, -0.1) is 0 Å². The van der Waals surface area contributed by atoms with Crippen LogP contribution in [-0.2, 0) is 5.41 Å². The zero-order chi connectivity index (χ0) is 33.7. The predicted octanol–water partition coefficient (Wildman–Crippen LogP) is 10.3. The third kappa shape index (κ3) is 4.54. The molecule has 0 N–H and O–H groups in total. The first-order valence-electron chi connectivity index (χ1n) is 14.3. The third-order valence-corrected chi connectivity index (χ3v) is 8.45. The van der Waals surface area contributed by atoms with Crippen LogP contribution in [0.3, 0.4) is 0 Å². The van der Waals surface area contributed by atoms with E-state index in [2.05, 4.69) is 36.3 Å². The Bertz CT molecular complexity index is 2020. The molecule has 0 aliphatic heterocycles. The van der Waals surface area contributed by atoms with Gasteiger partial charge in [-0.1, -0.05) is 62.7 Å². The topological polar surface area (TPSA) is 35.6 Å². The number of benzene rings is 2. The molecule has 0 radical (unpaired) electrons. The zero-order valence-electron chi connectivity index (χ0n) is 24.8. The van der Waals surface area contributed by atoms with Crippen LogP contribution in [0, 0.1) is 0 Å². The molecule has 6 aromatic rings. The summed E-state index contributed by atoms with van der Waals surface area (Å²) in [6.45, 7) is 15.4. The Morgan fingerprint density at radius 1 is 0.511 bits per heavy atom. The van der Waals surface area contributed by atoms with Crippen molar-refractivity contribution in [1.29, 1.82) is 0 Å². The minimum absolute atomic E-state index is 0.338. The SMILES string of the molecule is C=Cc1c(C=C)n(-c2ccc(C(c3ccc(-n4c(C=C)c(C=C)c5cnccc54)cc3)(C(F)(F)F)C(F)(F)F)cc2)c2ccncc12. The molecule has 4 nitrogen and oxygen atoms in total. The fourth-order valence-electron chi connectivity index (χ4n) is 6.45. The molecule has 2 aromatic carbocycles. The van der Waals surface area contributed by atoms with Crippen molar-refractivity contribution < 1.29 is 26.3 Å². The van der Waals surface area contributed by atoms with Crippen LogP contribution < -0.4 is 0 Å². The first-order valence-corrected chi connectivity index (χ1v) is 14.3. The Morgan fingerprint density at radius 3 is 1.17 bits per heavy atom. The van der Waals surface area contributed by atoms with Crippen molar-refractivity contribution in [2.24, 2.45) is 0 Å². The van der Waals surface area contributed by atoms with E-state index in [1.54, 1.807) is 70.4 Å². The van der Waals surface area contributed by atoms with Gasteiger partial charge >= 0.3 is 12.4 Å². The number of nitrogens with zero attached hydrogens (tertiary/aromatic N) is 4. The van der Waals surface area contributed by atoms with Crippen LogP contribution in [0.5, 0.6) is 0 Å². The molecule has 0 amide bonds. The molecule has 0 spiro atoms. The van der Waals surface area contributed by atoms with Gasteiger partial charge in [0.05, 0.1) is 22.4 Å². The molecule has 4 heterocycles. The van der Waals surface area contributed by atoms with Crippen LogP contribution in [0.2, 0.25) is 0 Å². The maximum Gasteiger partial charge on any atom is 0.411 e. The van der Waals surface area contributed by atoms with E-state index < -0.39 is 28.9 Å². The van der Waals surface area contributed by atoms with Crippen molar-refractivity contribution >= 4 is 46.1 Å². The van der Waals surface area contributed by atoms with E-state index in [0.717, 1.165) is 24.3 Å². The Hall–Kier alpha value is -5.64. The van der Waals surface area contributed by atoms with Crippen molar-refractivity contribution in [3.8, 4) is 11.4 Å². The van der Waals surface area contributed by atoms with Gasteiger partial charge in [0.25, 0.3) is 0 Å². The molecule has 236 valence electrons. The number of alkyl halides is 6. The summed E-state index contributed by atoms with van der Waals surface area (Å²) in [6, 6.07) is 11.8. The van der Waals surface area contributed by atoms with Gasteiger partial charge in [-0.2, -0.15) is 26.3 Å². The lowest BCUT2D eigenvalue weighted by Gasteiger charge is -2.38. The molecular formula is C37H26F6N4. The minimum Gasteiger partial charge on any atom is -0.309 e. The molecule has 0 aliphatic rings. The van der Waals surface area contributed by atoms with Crippen molar-refractivity contribution in [3.63, 3.8) is 0 Å². The van der Waals surface area contributed by atoms with E-state index in [4.69, 9.17) is 0 Å². The van der Waals surface area contributed by atoms with Crippen molar-refractivity contribution in [2.75, 3.05) is 0 Å². The molecule has 0 aliphatic carbocycles. The number of rotatable bonds is 8. The first kappa shape index (κ1) is 31.3. The molecule has 47 heavy (non-hydrogen) atoms. The van der Waals surface area contributed by atoms with Gasteiger partial charge in [-0.3, -0.25) is 9.97 Å². The molecule has 0 fully saturated rings. The number of halogens is 6. The predicted molar refractivity (Wildman–Crippen MR) is 175 cm³/mol. The van der Waals surface area contributed by atoms with E-state index in [0.29, 0.717) is 55.7 Å². The number of fused-ring (bicyclic) bond motifs is 2. The second kappa shape index (κ2) is 11.3. The Kier molecular flexibility index (Phi) is 7.54. The summed E-state index contributed by atoms with van der Waals surface area (Å²) in [4.78, 5) is 8.27. The summed E-state index contributed by atoms with van der Waals surface area (Å²) >= 11 is 0. The quantitative estimate of drug-likeness (QED) is 0.155. The van der Waals surface area contributed by atoms with Crippen molar-refractivity contribution in [2.45, 2.75) is 17.8 Å². The van der Waals surface area contributed by atoms with E-state index in [-0.39, 0.29) is 0 Å². The normalized spacial score (nSPS) is 12.4. The average molecular weight is 641 g/mol. The van der Waals surface area contributed by atoms with Gasteiger partial charge in [0.1, 0.15) is 0 Å². The van der Waals surface area contributed by atoms with Gasteiger partial charge in [-0.05, 0) is 59.7 Å². The smallest absolute Gasteiger partial charge is 0.309 e. The average Bonchev–Trinajstić information content (AvgIpc) is 3.56. The third-order valence-electron chi connectivity index (χ3n) is 8.45. The van der Waals surface area contributed by atoms with E-state index in [9.17, 15) is 0 Å². The van der Waals surface area contributed by atoms with Crippen LogP contribution >= 0.6 is 0 Å². The number of hydrogen-bond donors (Lipinski definition) is 0. The molecule has 6 rings (SSSR count). The molecular weight excluding hydrogens is 614 g/mol. The fourth-order valence-corrected chi connectivity index (χ4v) is 6.45. The standard InChI is InChI=1S/C37H26F6N4/c1-5-27-29-21-44-19-17-33(29)46(31(27)7-3)25-13-9-23(10-14-25)35(36(38,39)40,37(41,42)43)24-11-15-26(16-12-24)47-32(8-4)28(6-2)30-22-45-20-18-34(30)47/h5-22H,1-4H2. The van der Waals surface area contributed by atoms with Crippen LogP contribution in [-0.4, -0.2) is 31.5 Å². The molecule has 10 heteroatoms. The highest BCUT2D eigenvalue weighted by Gasteiger charge is 2.72. The van der Waals surface area contributed by atoms with E-state index >= 15 is 26.3 Å². The van der Waals surface area contributed by atoms with Crippen molar-refractivity contribution in [3.05, 3.63) is 145 Å². The number of hydrogen-bond acceptors (Lipinski definition) is 2. The maximum atomic E-state index is 15.0. The Labute approximate surface area is 265 Å². The van der Waals surface area contributed by atoms with E-state index in [1.165, 1.54) is 24.3 Å². The molecule has 0 bridgehead atoms. The molecule has 0 unspecified atom stereocenters. The highest BCUT2D eigenvalue weighted by atomic mass is 19.4. The molecule has 0 saturated heterocycles. The summed E-state index contributed by atoms with van der Waals surface area (Å²) in [6.07, 6.45) is 1.07. The lowest BCUT2D eigenvalue weighted by molar-refractivity contribution is -0.288. The summed E-state index contributed by atoms with van der Waals surface area (Å²) in [5.74, 6) is 0. The summed E-state index contributed by atoms with van der Waals surface area (Å²) < 4.78 is 93.7. The molecule has 0 saturated carbocycles. The number of aromatic nitrogens is 4. The monoisotopic (exact) mass is 640 g/mol. The second-order valence-corrected chi connectivity index (χ2v) is 10.7. The second-order valence-electron chi connectivity index (χ2n) is 10.7. The van der Waals surface area contributed by atoms with Crippen LogP contribution in [0.15, 0.2) is 112 Å². The molecule has 0 atom stereocenters. The summed E-state index contributed by atoms with van der Waals surface area (Å²) in [7, 11) is 0. The first-order chi connectivity index (χ1) is 22.4. The summed E-state index contributed by atoms with van der Waals surface area (Å²) in [5, 5.41) is 1.40. The highest BCUT2D eigenvalue weighted by Crippen LogP contribution is 2.56. The fraction of sp³-hybridized carbons (Fsp3) is 0.0811. The Morgan fingerprint density at radius 2 is 0.872 bits per heavy atom. The Balaban J connectivity index is 1.54. The van der Waals surface area contributed by atoms with Gasteiger partial charge in [0.15, 0.2) is 0 Å². The van der Waals surface area contributed by atoms with Gasteiger partial charge in [0, 0.05) is 58.1 Å². The highest BCUT2D eigenvalue weighted by molar-refractivity contribution is 5.95. The lowest BCUT2D eigenvalue weighted by Crippen LogP contribution is -2.54. The van der Waals surface area contributed by atoms with Gasteiger partial charge in [-0.25, -0.2) is 0 Å².